The summed E-state index contributed by atoms with van der Waals surface area (Å²) in [5.41, 5.74) is 0. The lowest BCUT2D eigenvalue weighted by Crippen LogP contribution is -2.60. The van der Waals surface area contributed by atoms with Crippen molar-refractivity contribution in [3.63, 3.8) is 0 Å². The predicted octanol–water partition coefficient (Wildman–Crippen LogP) is 10.4. The molecule has 1 aliphatic rings. The molecular formula is C52H95NO10. The fourth-order valence-electron chi connectivity index (χ4n) is 7.94. The van der Waals surface area contributed by atoms with Crippen LogP contribution in [0.4, 0.5) is 0 Å². The first kappa shape index (κ1) is 58.9. The van der Waals surface area contributed by atoms with Gasteiger partial charge in [0.15, 0.2) is 6.29 Å². The third-order valence-electron chi connectivity index (χ3n) is 12.1. The maximum atomic E-state index is 12.9. The average Bonchev–Trinajstić information content (AvgIpc) is 3.28. The lowest BCUT2D eigenvalue weighted by molar-refractivity contribution is -0.302. The Kier molecular flexibility index (Phi) is 39.7. The summed E-state index contributed by atoms with van der Waals surface area (Å²) in [6.07, 6.45) is 39.6. The molecule has 6 N–H and O–H groups in total. The molecule has 1 aliphatic heterocycles. The zero-order valence-electron chi connectivity index (χ0n) is 40.0. The van der Waals surface area contributed by atoms with E-state index in [1.54, 1.807) is 6.08 Å². The number of hydrogen-bond acceptors (Lipinski definition) is 10. The molecule has 368 valence electrons. The Morgan fingerprint density at radius 1 is 0.603 bits per heavy atom. The van der Waals surface area contributed by atoms with Gasteiger partial charge in [-0.3, -0.25) is 9.59 Å². The molecule has 0 bridgehead atoms. The summed E-state index contributed by atoms with van der Waals surface area (Å²) in [6.45, 7) is 4.04. The van der Waals surface area contributed by atoms with Gasteiger partial charge in [-0.1, -0.05) is 191 Å². The van der Waals surface area contributed by atoms with E-state index in [1.807, 2.05) is 19.1 Å². The summed E-state index contributed by atoms with van der Waals surface area (Å²) in [5, 5.41) is 54.0. The molecule has 0 aliphatic carbocycles. The van der Waals surface area contributed by atoms with Gasteiger partial charge in [0.1, 0.15) is 24.4 Å². The van der Waals surface area contributed by atoms with Crippen LogP contribution in [0, 0.1) is 0 Å². The zero-order valence-corrected chi connectivity index (χ0v) is 40.0. The van der Waals surface area contributed by atoms with E-state index in [0.29, 0.717) is 25.9 Å². The average molecular weight is 894 g/mol. The summed E-state index contributed by atoms with van der Waals surface area (Å²) in [7, 11) is 0. The highest BCUT2D eigenvalue weighted by Gasteiger charge is 2.44. The standard InChI is InChI=1S/C52H95NO10/c1-3-5-7-9-11-13-19-24-28-32-36-40-48(57)61-41-37-33-29-25-21-18-16-14-15-17-20-23-27-31-35-39-47(56)53-44(45(55)38-34-30-26-22-12-10-8-6-4-2)43-62-52-51(60)50(59)49(58)46(42-54)63-52/h4,6,12,22,34,38,44-46,49-52,54-55,58-60H,3,5,7-11,13-21,23-33,35-37,39-43H2,1-2H3,(H,53,56)/b6-4+,22-12+,38-34+. The number of rotatable bonds is 43. The molecule has 1 heterocycles. The Labute approximate surface area is 383 Å². The van der Waals surface area contributed by atoms with Gasteiger partial charge in [0.25, 0.3) is 0 Å². The van der Waals surface area contributed by atoms with Crippen LogP contribution in [-0.4, -0.2) is 100 Å². The number of amides is 1. The van der Waals surface area contributed by atoms with Gasteiger partial charge in [0.05, 0.1) is 32.0 Å². The Morgan fingerprint density at radius 2 is 1.06 bits per heavy atom. The molecule has 1 saturated heterocycles. The van der Waals surface area contributed by atoms with E-state index in [0.717, 1.165) is 70.6 Å². The third kappa shape index (κ3) is 33.1. The molecule has 7 unspecified atom stereocenters. The molecule has 11 heteroatoms. The molecule has 1 amide bonds. The molecule has 0 spiro atoms. The number of nitrogens with one attached hydrogen (secondary N) is 1. The third-order valence-corrected chi connectivity index (χ3v) is 12.1. The fourth-order valence-corrected chi connectivity index (χ4v) is 7.94. The highest BCUT2D eigenvalue weighted by molar-refractivity contribution is 5.76. The largest absolute Gasteiger partial charge is 0.466 e. The van der Waals surface area contributed by atoms with Crippen LogP contribution in [-0.2, 0) is 23.8 Å². The summed E-state index contributed by atoms with van der Waals surface area (Å²) in [6, 6.07) is -0.839. The van der Waals surface area contributed by atoms with Crippen LogP contribution in [0.5, 0.6) is 0 Å². The number of aliphatic hydroxyl groups is 5. The lowest BCUT2D eigenvalue weighted by atomic mass is 9.99. The van der Waals surface area contributed by atoms with Gasteiger partial charge >= 0.3 is 5.97 Å². The van der Waals surface area contributed by atoms with E-state index in [9.17, 15) is 35.1 Å². The van der Waals surface area contributed by atoms with Crippen molar-refractivity contribution in [1.29, 1.82) is 0 Å². The zero-order chi connectivity index (χ0) is 46.0. The fraction of sp³-hybridized carbons (Fsp3) is 0.846. The molecule has 0 aromatic rings. The lowest BCUT2D eigenvalue weighted by Gasteiger charge is -2.40. The highest BCUT2D eigenvalue weighted by Crippen LogP contribution is 2.23. The van der Waals surface area contributed by atoms with Gasteiger partial charge in [-0.15, -0.1) is 0 Å². The Balaban J connectivity index is 2.12. The van der Waals surface area contributed by atoms with Gasteiger partial charge in [-0.05, 0) is 51.9 Å². The first-order valence-electron chi connectivity index (χ1n) is 25.7. The summed E-state index contributed by atoms with van der Waals surface area (Å²) in [4.78, 5) is 24.9. The number of allylic oxidation sites excluding steroid dienone is 5. The molecule has 0 aromatic carbocycles. The van der Waals surface area contributed by atoms with Crippen LogP contribution >= 0.6 is 0 Å². The summed E-state index contributed by atoms with van der Waals surface area (Å²) < 4.78 is 16.6. The van der Waals surface area contributed by atoms with Gasteiger partial charge in [0.2, 0.25) is 5.91 Å². The van der Waals surface area contributed by atoms with Crippen LogP contribution in [0.15, 0.2) is 36.5 Å². The Bertz CT molecular complexity index is 1150. The number of esters is 1. The predicted molar refractivity (Wildman–Crippen MR) is 255 cm³/mol. The van der Waals surface area contributed by atoms with E-state index in [4.69, 9.17) is 14.2 Å². The van der Waals surface area contributed by atoms with Gasteiger partial charge in [-0.25, -0.2) is 0 Å². The summed E-state index contributed by atoms with van der Waals surface area (Å²) >= 11 is 0. The van der Waals surface area contributed by atoms with Gasteiger partial charge in [-0.2, -0.15) is 0 Å². The second-order valence-corrected chi connectivity index (χ2v) is 17.9. The van der Waals surface area contributed by atoms with E-state index in [1.165, 1.54) is 116 Å². The van der Waals surface area contributed by atoms with Crippen molar-refractivity contribution in [2.45, 2.75) is 262 Å². The van der Waals surface area contributed by atoms with E-state index in [2.05, 4.69) is 30.5 Å². The molecule has 0 saturated carbocycles. The Hall–Kier alpha value is -2.12. The van der Waals surface area contributed by atoms with Crippen LogP contribution in [0.3, 0.4) is 0 Å². The van der Waals surface area contributed by atoms with Crippen molar-refractivity contribution in [3.05, 3.63) is 36.5 Å². The first-order chi connectivity index (χ1) is 30.7. The van der Waals surface area contributed by atoms with Crippen LogP contribution in [0.1, 0.15) is 219 Å². The molecule has 63 heavy (non-hydrogen) atoms. The van der Waals surface area contributed by atoms with Crippen molar-refractivity contribution in [3.8, 4) is 0 Å². The highest BCUT2D eigenvalue weighted by atomic mass is 16.7. The van der Waals surface area contributed by atoms with E-state index >= 15 is 0 Å². The number of carbonyl (C=O) groups is 2. The molecule has 0 radical (unpaired) electrons. The minimum atomic E-state index is -1.58. The smallest absolute Gasteiger partial charge is 0.305 e. The molecule has 7 atom stereocenters. The van der Waals surface area contributed by atoms with Gasteiger partial charge in [0, 0.05) is 12.8 Å². The van der Waals surface area contributed by atoms with Crippen LogP contribution in [0.2, 0.25) is 0 Å². The molecule has 0 aromatic heterocycles. The van der Waals surface area contributed by atoms with E-state index in [-0.39, 0.29) is 18.5 Å². The summed E-state index contributed by atoms with van der Waals surface area (Å²) in [5.74, 6) is -0.230. The van der Waals surface area contributed by atoms with Crippen molar-refractivity contribution in [1.82, 2.24) is 5.32 Å². The number of ether oxygens (including phenoxy) is 3. The number of carbonyl (C=O) groups excluding carboxylic acids is 2. The van der Waals surface area contributed by atoms with Gasteiger partial charge < -0.3 is 45.1 Å². The minimum absolute atomic E-state index is 0.0213. The monoisotopic (exact) mass is 894 g/mol. The SMILES string of the molecule is C/C=C/CC/C=C/CC/C=C/C(O)C(COC1OC(CO)C(O)C(O)C1O)NC(=O)CCCCCCCCCCCCCCCCCOC(=O)CCCCCCCCCCCCC. The number of hydrogen-bond donors (Lipinski definition) is 6. The second kappa shape index (κ2) is 42.5. The second-order valence-electron chi connectivity index (χ2n) is 17.9. The van der Waals surface area contributed by atoms with Crippen molar-refractivity contribution in [2.24, 2.45) is 0 Å². The van der Waals surface area contributed by atoms with E-state index < -0.39 is 49.5 Å². The van der Waals surface area contributed by atoms with Crippen molar-refractivity contribution >= 4 is 11.9 Å². The number of unbranched alkanes of at least 4 members (excludes halogenated alkanes) is 26. The van der Waals surface area contributed by atoms with Crippen LogP contribution < -0.4 is 5.32 Å². The quantitative estimate of drug-likeness (QED) is 0.0196. The maximum Gasteiger partial charge on any atom is 0.305 e. The maximum absolute atomic E-state index is 12.9. The molecular weight excluding hydrogens is 799 g/mol. The van der Waals surface area contributed by atoms with Crippen molar-refractivity contribution < 1.29 is 49.3 Å². The minimum Gasteiger partial charge on any atom is -0.466 e. The molecule has 1 fully saturated rings. The number of aliphatic hydroxyl groups excluding tert-OH is 5. The first-order valence-corrected chi connectivity index (χ1v) is 25.7. The van der Waals surface area contributed by atoms with Crippen molar-refractivity contribution in [2.75, 3.05) is 19.8 Å². The topological polar surface area (TPSA) is 175 Å². The Morgan fingerprint density at radius 3 is 1.57 bits per heavy atom. The van der Waals surface area contributed by atoms with Crippen LogP contribution in [0.25, 0.3) is 0 Å². The molecule has 11 nitrogen and oxygen atoms in total. The normalized spacial score (nSPS) is 20.3. The molecule has 1 rings (SSSR count).